The first-order valence-corrected chi connectivity index (χ1v) is 12.6. The number of carbonyl (C=O) groups excluding carboxylic acids is 2. The van der Waals surface area contributed by atoms with Crippen molar-refractivity contribution in [3.8, 4) is 5.75 Å². The van der Waals surface area contributed by atoms with E-state index in [1.54, 1.807) is 41.3 Å². The summed E-state index contributed by atoms with van der Waals surface area (Å²) >= 11 is 0. The molecule has 1 heterocycles. The molecule has 0 aliphatic carbocycles. The molecule has 2 amide bonds. The Kier molecular flexibility index (Phi) is 7.07. The first-order valence-electron chi connectivity index (χ1n) is 11.2. The first kappa shape index (κ1) is 24.3. The van der Waals surface area contributed by atoms with E-state index in [0.717, 1.165) is 28.5 Å². The molecule has 35 heavy (non-hydrogen) atoms. The third-order valence-corrected chi connectivity index (χ3v) is 7.75. The number of methoxy groups -OCH3 is 1. The average Bonchev–Trinajstić information content (AvgIpc) is 3.33. The minimum atomic E-state index is -3.87. The standard InChI is InChI=1S/C26H27N3O5S/c1-28(21-12-14-23(34-2)15-13-21)35(32,33)24-6-3-5-20(17-24)26(31)27-18-19-8-10-22(11-9-19)29-16-4-7-25(29)30/h3,5-6,8-15,17H,4,7,16,18H2,1-2H3,(H,27,31). The molecule has 3 aromatic rings. The zero-order valence-corrected chi connectivity index (χ0v) is 20.4. The van der Waals surface area contributed by atoms with Gasteiger partial charge in [0.15, 0.2) is 0 Å². The number of benzene rings is 3. The van der Waals surface area contributed by atoms with Crippen LogP contribution in [-0.4, -0.2) is 40.9 Å². The smallest absolute Gasteiger partial charge is 0.264 e. The number of anilines is 2. The van der Waals surface area contributed by atoms with Crippen LogP contribution in [0.2, 0.25) is 0 Å². The van der Waals surface area contributed by atoms with Gasteiger partial charge in [0.25, 0.3) is 15.9 Å². The number of nitrogens with one attached hydrogen (secondary N) is 1. The average molecular weight is 494 g/mol. The lowest BCUT2D eigenvalue weighted by molar-refractivity contribution is -0.117. The molecule has 8 nitrogen and oxygen atoms in total. The van der Waals surface area contributed by atoms with Crippen molar-refractivity contribution in [1.82, 2.24) is 5.32 Å². The normalized spacial score (nSPS) is 13.5. The van der Waals surface area contributed by atoms with E-state index >= 15 is 0 Å². The molecule has 0 atom stereocenters. The Balaban J connectivity index is 1.43. The first-order chi connectivity index (χ1) is 16.8. The van der Waals surface area contributed by atoms with Gasteiger partial charge in [0.05, 0.1) is 17.7 Å². The number of carbonyl (C=O) groups is 2. The van der Waals surface area contributed by atoms with Crippen LogP contribution in [0.3, 0.4) is 0 Å². The Morgan fingerprint density at radius 2 is 1.77 bits per heavy atom. The number of amides is 2. The number of ether oxygens (including phenoxy) is 1. The predicted octanol–water partition coefficient (Wildman–Crippen LogP) is 3.58. The van der Waals surface area contributed by atoms with Crippen molar-refractivity contribution in [2.24, 2.45) is 0 Å². The maximum atomic E-state index is 13.1. The molecule has 1 saturated heterocycles. The van der Waals surface area contributed by atoms with Crippen molar-refractivity contribution >= 4 is 33.2 Å². The zero-order valence-electron chi connectivity index (χ0n) is 19.6. The summed E-state index contributed by atoms with van der Waals surface area (Å²) in [6, 6.07) is 20.1. The summed E-state index contributed by atoms with van der Waals surface area (Å²) in [6.07, 6.45) is 1.43. The minimum absolute atomic E-state index is 0.0168. The number of nitrogens with zero attached hydrogens (tertiary/aromatic N) is 2. The molecule has 0 spiro atoms. The highest BCUT2D eigenvalue weighted by atomic mass is 32.2. The van der Waals surface area contributed by atoms with Crippen molar-refractivity contribution in [2.75, 3.05) is 29.9 Å². The Labute approximate surface area is 205 Å². The van der Waals surface area contributed by atoms with E-state index in [-0.39, 0.29) is 28.8 Å². The van der Waals surface area contributed by atoms with E-state index in [9.17, 15) is 18.0 Å². The second kappa shape index (κ2) is 10.2. The summed E-state index contributed by atoms with van der Waals surface area (Å²) in [6.45, 7) is 0.998. The molecule has 9 heteroatoms. The van der Waals surface area contributed by atoms with Crippen LogP contribution in [0.5, 0.6) is 5.75 Å². The molecule has 1 aliphatic heterocycles. The number of hydrogen-bond donors (Lipinski definition) is 1. The molecule has 1 fully saturated rings. The highest BCUT2D eigenvalue weighted by Gasteiger charge is 2.23. The van der Waals surface area contributed by atoms with Gasteiger partial charge >= 0.3 is 0 Å². The largest absolute Gasteiger partial charge is 0.497 e. The Morgan fingerprint density at radius 3 is 2.40 bits per heavy atom. The third kappa shape index (κ3) is 5.30. The highest BCUT2D eigenvalue weighted by Crippen LogP contribution is 2.25. The van der Waals surface area contributed by atoms with Gasteiger partial charge in [-0.05, 0) is 66.6 Å². The SMILES string of the molecule is COc1ccc(N(C)S(=O)(=O)c2cccc(C(=O)NCc3ccc(N4CCCC4=O)cc3)c2)cc1. The number of sulfonamides is 1. The number of rotatable bonds is 8. The molecule has 1 N–H and O–H groups in total. The van der Waals surface area contributed by atoms with Crippen LogP contribution in [-0.2, 0) is 21.4 Å². The second-order valence-corrected chi connectivity index (χ2v) is 10.2. The molecule has 0 saturated carbocycles. The molecule has 0 unspecified atom stereocenters. The van der Waals surface area contributed by atoms with Crippen molar-refractivity contribution in [3.63, 3.8) is 0 Å². The Hall–Kier alpha value is -3.85. The Bertz CT molecular complexity index is 1320. The predicted molar refractivity (Wildman–Crippen MR) is 134 cm³/mol. The second-order valence-electron chi connectivity index (χ2n) is 8.20. The van der Waals surface area contributed by atoms with Gasteiger partial charge in [0.1, 0.15) is 5.75 Å². The summed E-state index contributed by atoms with van der Waals surface area (Å²) in [5.41, 5.74) is 2.44. The fourth-order valence-corrected chi connectivity index (χ4v) is 5.13. The van der Waals surface area contributed by atoms with Gasteiger partial charge in [-0.2, -0.15) is 0 Å². The minimum Gasteiger partial charge on any atom is -0.497 e. The molecule has 0 radical (unpaired) electrons. The topological polar surface area (TPSA) is 96.0 Å². The quantitative estimate of drug-likeness (QED) is 0.518. The lowest BCUT2D eigenvalue weighted by atomic mass is 10.1. The lowest BCUT2D eigenvalue weighted by Gasteiger charge is -2.20. The van der Waals surface area contributed by atoms with Crippen molar-refractivity contribution in [1.29, 1.82) is 0 Å². The maximum absolute atomic E-state index is 13.1. The van der Waals surface area contributed by atoms with Gasteiger partial charge in [-0.3, -0.25) is 13.9 Å². The van der Waals surface area contributed by atoms with Crippen LogP contribution >= 0.6 is 0 Å². The molecule has 4 rings (SSSR count). The van der Waals surface area contributed by atoms with Crippen LogP contribution in [0.4, 0.5) is 11.4 Å². The van der Waals surface area contributed by atoms with E-state index in [0.29, 0.717) is 17.9 Å². The molecule has 0 bridgehead atoms. The van der Waals surface area contributed by atoms with Crippen LogP contribution in [0, 0.1) is 0 Å². The third-order valence-electron chi connectivity index (χ3n) is 5.97. The summed E-state index contributed by atoms with van der Waals surface area (Å²) in [7, 11) is -0.871. The molecule has 3 aromatic carbocycles. The Morgan fingerprint density at radius 1 is 1.06 bits per heavy atom. The van der Waals surface area contributed by atoms with Crippen molar-refractivity contribution in [3.05, 3.63) is 83.9 Å². The van der Waals surface area contributed by atoms with E-state index < -0.39 is 10.0 Å². The van der Waals surface area contributed by atoms with Crippen LogP contribution in [0.25, 0.3) is 0 Å². The molecule has 0 aromatic heterocycles. The lowest BCUT2D eigenvalue weighted by Crippen LogP contribution is -2.27. The summed E-state index contributed by atoms with van der Waals surface area (Å²) in [5.74, 6) is 0.365. The molecular formula is C26H27N3O5S. The maximum Gasteiger partial charge on any atom is 0.264 e. The number of hydrogen-bond acceptors (Lipinski definition) is 5. The zero-order chi connectivity index (χ0) is 25.0. The van der Waals surface area contributed by atoms with Crippen molar-refractivity contribution in [2.45, 2.75) is 24.3 Å². The van der Waals surface area contributed by atoms with Gasteiger partial charge in [-0.15, -0.1) is 0 Å². The van der Waals surface area contributed by atoms with Gasteiger partial charge < -0.3 is 15.0 Å². The molecule has 182 valence electrons. The van der Waals surface area contributed by atoms with Crippen molar-refractivity contribution < 1.29 is 22.7 Å². The van der Waals surface area contributed by atoms with Gasteiger partial charge in [-0.25, -0.2) is 8.42 Å². The van der Waals surface area contributed by atoms with Gasteiger partial charge in [0, 0.05) is 37.8 Å². The van der Waals surface area contributed by atoms with Crippen LogP contribution in [0.15, 0.2) is 77.7 Å². The molecule has 1 aliphatic rings. The monoisotopic (exact) mass is 493 g/mol. The van der Waals surface area contributed by atoms with E-state index in [4.69, 9.17) is 4.74 Å². The molecular weight excluding hydrogens is 466 g/mol. The summed E-state index contributed by atoms with van der Waals surface area (Å²) < 4.78 is 32.6. The van der Waals surface area contributed by atoms with Gasteiger partial charge in [-0.1, -0.05) is 18.2 Å². The van der Waals surface area contributed by atoms with Crippen LogP contribution in [0.1, 0.15) is 28.8 Å². The van der Waals surface area contributed by atoms with E-state index in [1.165, 1.54) is 26.3 Å². The fraction of sp³-hybridized carbons (Fsp3) is 0.231. The summed E-state index contributed by atoms with van der Waals surface area (Å²) in [4.78, 5) is 26.4. The van der Waals surface area contributed by atoms with Gasteiger partial charge in [0.2, 0.25) is 5.91 Å². The summed E-state index contributed by atoms with van der Waals surface area (Å²) in [5, 5.41) is 2.82. The van der Waals surface area contributed by atoms with E-state index in [1.807, 2.05) is 24.3 Å². The fourth-order valence-electron chi connectivity index (χ4n) is 3.89. The van der Waals surface area contributed by atoms with E-state index in [2.05, 4.69) is 5.32 Å². The van der Waals surface area contributed by atoms with Crippen LogP contribution < -0.4 is 19.3 Å². The highest BCUT2D eigenvalue weighted by molar-refractivity contribution is 7.92.